The molecule has 1 amide bonds. The van der Waals surface area contributed by atoms with Gasteiger partial charge in [0.05, 0.1) is 23.1 Å². The van der Waals surface area contributed by atoms with E-state index in [0.29, 0.717) is 29.2 Å². The van der Waals surface area contributed by atoms with Gasteiger partial charge in [-0.1, -0.05) is 18.2 Å². The second-order valence-corrected chi connectivity index (χ2v) is 13.2. The third-order valence-corrected chi connectivity index (χ3v) is 9.17. The molecule has 1 aliphatic carbocycles. The summed E-state index contributed by atoms with van der Waals surface area (Å²) in [5.41, 5.74) is 3.40. The molecule has 5 aromatic rings. The molecule has 0 radical (unpaired) electrons. The van der Waals surface area contributed by atoms with E-state index in [-0.39, 0.29) is 17.8 Å². The second kappa shape index (κ2) is 10.0. The Kier molecular flexibility index (Phi) is 6.22. The fourth-order valence-electron chi connectivity index (χ4n) is 7.11. The van der Waals surface area contributed by atoms with Gasteiger partial charge in [0.25, 0.3) is 0 Å². The lowest BCUT2D eigenvalue weighted by atomic mass is 9.76. The first kappa shape index (κ1) is 28.5. The average molecular weight is 627 g/mol. The zero-order valence-electron chi connectivity index (χ0n) is 25.8. The molecule has 236 valence electrons. The largest absolute Gasteiger partial charge is 0.444 e. The number of rotatable bonds is 5. The number of benzene rings is 2. The monoisotopic (exact) mass is 626 g/mol. The number of carbonyl (C=O) groups excluding carboxylic acids is 1. The molecule has 3 aromatic heterocycles. The third kappa shape index (κ3) is 4.43. The van der Waals surface area contributed by atoms with Crippen LogP contribution in [0, 0.1) is 6.92 Å². The highest BCUT2D eigenvalue weighted by Gasteiger charge is 2.45. The molecular weight excluding hydrogens is 594 g/mol. The van der Waals surface area contributed by atoms with Crippen LogP contribution < -0.4 is 10.1 Å². The number of ether oxygens (including phenoxy) is 2. The van der Waals surface area contributed by atoms with E-state index >= 15 is 0 Å². The molecule has 5 heterocycles. The van der Waals surface area contributed by atoms with E-state index in [1.165, 1.54) is 0 Å². The third-order valence-electron chi connectivity index (χ3n) is 9.17. The summed E-state index contributed by atoms with van der Waals surface area (Å²) in [6.07, 6.45) is 6.05. The molecule has 0 saturated heterocycles. The predicted octanol–water partition coefficient (Wildman–Crippen LogP) is 6.46. The molecule has 0 unspecified atom stereocenters. The number of aryl methyl sites for hydroxylation is 1. The zero-order valence-corrected chi connectivity index (χ0v) is 25.8. The van der Waals surface area contributed by atoms with Crippen LogP contribution in [0.3, 0.4) is 0 Å². The highest BCUT2D eigenvalue weighted by atomic mass is 19.3. The van der Waals surface area contributed by atoms with Crippen molar-refractivity contribution in [1.82, 2.24) is 39.6 Å². The van der Waals surface area contributed by atoms with Crippen LogP contribution in [-0.2, 0) is 10.3 Å². The molecule has 8 rings (SSSR count). The zero-order chi connectivity index (χ0) is 32.0. The van der Waals surface area contributed by atoms with Gasteiger partial charge >= 0.3 is 12.7 Å². The molecule has 2 bridgehead atoms. The van der Waals surface area contributed by atoms with Crippen LogP contribution in [0.2, 0.25) is 0 Å². The predicted molar refractivity (Wildman–Crippen MR) is 163 cm³/mol. The summed E-state index contributed by atoms with van der Waals surface area (Å²) in [7, 11) is 0. The lowest BCUT2D eigenvalue weighted by Crippen LogP contribution is -2.53. The molecule has 3 aliphatic rings. The smallest absolute Gasteiger partial charge is 0.408 e. The molecule has 46 heavy (non-hydrogen) atoms. The van der Waals surface area contributed by atoms with Gasteiger partial charge in [-0.05, 0) is 70.7 Å². The average Bonchev–Trinajstić information content (AvgIpc) is 3.62. The number of halogens is 2. The van der Waals surface area contributed by atoms with E-state index in [2.05, 4.69) is 20.1 Å². The Morgan fingerprint density at radius 3 is 2.52 bits per heavy atom. The van der Waals surface area contributed by atoms with Crippen LogP contribution in [0.4, 0.5) is 13.6 Å². The quantitative estimate of drug-likeness (QED) is 0.236. The van der Waals surface area contributed by atoms with Crippen LogP contribution in [0.5, 0.6) is 5.75 Å². The lowest BCUT2D eigenvalue weighted by molar-refractivity contribution is -0.0506. The second-order valence-electron chi connectivity index (χ2n) is 13.2. The Hall–Kier alpha value is -4.94. The van der Waals surface area contributed by atoms with Crippen LogP contribution >= 0.6 is 0 Å². The number of carbonyl (C=O) groups is 1. The summed E-state index contributed by atoms with van der Waals surface area (Å²) in [6, 6.07) is 10.6. The van der Waals surface area contributed by atoms with Gasteiger partial charge in [0.15, 0.2) is 11.6 Å². The molecule has 2 aliphatic heterocycles. The number of amides is 1. The van der Waals surface area contributed by atoms with Crippen LogP contribution in [0.25, 0.3) is 33.5 Å². The number of fused-ring (bicyclic) bond motifs is 6. The van der Waals surface area contributed by atoms with Crippen molar-refractivity contribution in [3.8, 4) is 28.3 Å². The first-order valence-electron chi connectivity index (χ1n) is 15.4. The van der Waals surface area contributed by atoms with E-state index in [1.807, 2.05) is 56.5 Å². The van der Waals surface area contributed by atoms with E-state index < -0.39 is 23.8 Å². The molecular formula is C33H32F2N8O3. The number of imidazole rings is 1. The summed E-state index contributed by atoms with van der Waals surface area (Å²) < 4.78 is 41.9. The molecule has 1 saturated carbocycles. The molecule has 11 nitrogen and oxygen atoms in total. The van der Waals surface area contributed by atoms with Gasteiger partial charge < -0.3 is 23.9 Å². The summed E-state index contributed by atoms with van der Waals surface area (Å²) in [5.74, 6) is 2.81. The standard InChI is InChI=1S/C33H32F2N8O3/c1-17-40-41-27-20-7-5-8-25(45-30(34)35)26(20)23-14-24(42(17)27)28-38-21-10-9-18(13-22(21)43(23)28)19-15-36-29(37-16-19)33(11-6-12-33)39-31(44)46-32(2,3)4/h5,7-10,13,15-16,23-24,30H,6,11-12,14H2,1-4H3,(H,39,44)/t23-,24-/m1/s1. The van der Waals surface area contributed by atoms with E-state index in [0.717, 1.165) is 53.1 Å². The van der Waals surface area contributed by atoms with Crippen molar-refractivity contribution in [2.75, 3.05) is 0 Å². The molecule has 2 aromatic carbocycles. The van der Waals surface area contributed by atoms with Crippen LogP contribution in [-0.4, -0.2) is 52.6 Å². The van der Waals surface area contributed by atoms with Gasteiger partial charge in [-0.3, -0.25) is 0 Å². The number of hydrogen-bond acceptors (Lipinski definition) is 8. The molecule has 13 heteroatoms. The number of alkyl halides is 2. The van der Waals surface area contributed by atoms with Crippen molar-refractivity contribution in [3.63, 3.8) is 0 Å². The van der Waals surface area contributed by atoms with Gasteiger partial charge in [0.1, 0.15) is 28.5 Å². The number of aromatic nitrogens is 7. The Morgan fingerprint density at radius 1 is 1.04 bits per heavy atom. The van der Waals surface area contributed by atoms with Gasteiger partial charge in [0, 0.05) is 35.5 Å². The number of alkyl carbamates (subject to hydrolysis) is 1. The summed E-state index contributed by atoms with van der Waals surface area (Å²) in [4.78, 5) is 27.0. The Balaban J connectivity index is 1.19. The van der Waals surface area contributed by atoms with Crippen LogP contribution in [0.1, 0.15) is 81.6 Å². The topological polar surface area (TPSA) is 122 Å². The minimum absolute atomic E-state index is 0.116. The first-order chi connectivity index (χ1) is 22.0. The summed E-state index contributed by atoms with van der Waals surface area (Å²) >= 11 is 0. The SMILES string of the molecule is Cc1nnc2n1[C@@H]1C[C@H](c3c(OC(F)F)cccc3-2)n2c1nc1ccc(-c3cnc(C4(NC(=O)OC(C)(C)C)CCC4)nc3)cc12. The molecule has 1 N–H and O–H groups in total. The Morgan fingerprint density at radius 2 is 1.83 bits per heavy atom. The maximum atomic E-state index is 13.6. The Labute approximate surface area is 263 Å². The maximum Gasteiger partial charge on any atom is 0.408 e. The van der Waals surface area contributed by atoms with Crippen molar-refractivity contribution >= 4 is 17.1 Å². The van der Waals surface area contributed by atoms with Crippen molar-refractivity contribution in [3.05, 3.63) is 71.8 Å². The van der Waals surface area contributed by atoms with Gasteiger partial charge in [-0.25, -0.2) is 19.7 Å². The Bertz CT molecular complexity index is 2010. The van der Waals surface area contributed by atoms with Crippen molar-refractivity contribution in [2.45, 2.75) is 83.2 Å². The minimum atomic E-state index is -2.97. The fraction of sp³-hybridized carbons (Fsp3) is 0.394. The summed E-state index contributed by atoms with van der Waals surface area (Å²) in [6.45, 7) is 4.40. The first-order valence-corrected chi connectivity index (χ1v) is 15.4. The van der Waals surface area contributed by atoms with Gasteiger partial charge in [-0.15, -0.1) is 10.2 Å². The highest BCUT2D eigenvalue weighted by molar-refractivity contribution is 5.84. The molecule has 2 atom stereocenters. The number of hydrogen-bond donors (Lipinski definition) is 1. The maximum absolute atomic E-state index is 13.6. The van der Waals surface area contributed by atoms with E-state index in [9.17, 15) is 13.6 Å². The number of nitrogens with one attached hydrogen (secondary N) is 1. The highest BCUT2D eigenvalue weighted by Crippen LogP contribution is 2.52. The van der Waals surface area contributed by atoms with Crippen molar-refractivity contribution in [1.29, 1.82) is 0 Å². The van der Waals surface area contributed by atoms with Gasteiger partial charge in [0.2, 0.25) is 0 Å². The fourth-order valence-corrected chi connectivity index (χ4v) is 7.11. The lowest BCUT2D eigenvalue weighted by Gasteiger charge is -2.41. The summed E-state index contributed by atoms with van der Waals surface area (Å²) in [5, 5.41) is 11.8. The van der Waals surface area contributed by atoms with E-state index in [1.54, 1.807) is 24.5 Å². The van der Waals surface area contributed by atoms with Gasteiger partial charge in [-0.2, -0.15) is 8.78 Å². The van der Waals surface area contributed by atoms with Crippen molar-refractivity contribution in [2.24, 2.45) is 0 Å². The molecule has 1 fully saturated rings. The number of nitrogens with zero attached hydrogens (tertiary/aromatic N) is 7. The van der Waals surface area contributed by atoms with Crippen LogP contribution in [0.15, 0.2) is 48.8 Å². The molecule has 0 spiro atoms. The van der Waals surface area contributed by atoms with E-state index in [4.69, 9.17) is 24.4 Å². The normalized spacial score (nSPS) is 19.2. The van der Waals surface area contributed by atoms with Crippen molar-refractivity contribution < 1.29 is 23.0 Å². The minimum Gasteiger partial charge on any atom is -0.444 e.